The Hall–Kier alpha value is -1.35. The molecule has 0 radical (unpaired) electrons. The van der Waals surface area contributed by atoms with Crippen LogP contribution in [0.5, 0.6) is 11.5 Å². The van der Waals surface area contributed by atoms with Gasteiger partial charge in [-0.05, 0) is 62.1 Å². The van der Waals surface area contributed by atoms with E-state index in [1.165, 1.54) is 0 Å². The highest BCUT2D eigenvalue weighted by molar-refractivity contribution is 8.07. The van der Waals surface area contributed by atoms with Gasteiger partial charge in [-0.2, -0.15) is 0 Å². The zero-order chi connectivity index (χ0) is 15.6. The molecule has 0 aliphatic carbocycles. The lowest BCUT2D eigenvalue weighted by molar-refractivity contribution is 0.375. The summed E-state index contributed by atoms with van der Waals surface area (Å²) in [6, 6.07) is 11.3. The lowest BCUT2D eigenvalue weighted by Gasteiger charge is -2.20. The third kappa shape index (κ3) is 3.85. The normalized spacial score (nSPS) is 11.3. The molecule has 0 aliphatic rings. The molecule has 5 heteroatoms. The van der Waals surface area contributed by atoms with Gasteiger partial charge in [-0.1, -0.05) is 24.3 Å². The predicted molar refractivity (Wildman–Crippen MR) is 89.6 cm³/mol. The van der Waals surface area contributed by atoms with Gasteiger partial charge in [0.05, 0.1) is 0 Å². The average Bonchev–Trinajstić information content (AvgIpc) is 2.40. The fraction of sp³-hybridized carbons (Fsp3) is 0.250. The fourth-order valence-corrected chi connectivity index (χ4v) is 3.33. The van der Waals surface area contributed by atoms with Crippen LogP contribution in [0.4, 0.5) is 0 Å². The monoisotopic (exact) mass is 322 g/mol. The summed E-state index contributed by atoms with van der Waals surface area (Å²) in [6.45, 7) is 4.42. The van der Waals surface area contributed by atoms with Crippen LogP contribution in [-0.4, -0.2) is 4.89 Å². The molecule has 112 valence electrons. The molecular formula is C16H19O3PS. The Bertz CT molecular complexity index is 655. The quantitative estimate of drug-likeness (QED) is 0.835. The van der Waals surface area contributed by atoms with Crippen molar-refractivity contribution < 1.29 is 13.9 Å². The van der Waals surface area contributed by atoms with Crippen LogP contribution in [0.2, 0.25) is 0 Å². The first kappa shape index (κ1) is 16.0. The first-order chi connectivity index (χ1) is 9.80. The number of benzene rings is 2. The summed E-state index contributed by atoms with van der Waals surface area (Å²) >= 11 is 5.14. The Morgan fingerprint density at radius 2 is 1.19 bits per heavy atom. The van der Waals surface area contributed by atoms with Gasteiger partial charge in [0.25, 0.3) is 0 Å². The summed E-state index contributed by atoms with van der Waals surface area (Å²) in [4.78, 5) is 10.3. The first-order valence-corrected chi connectivity index (χ1v) is 9.23. The lowest BCUT2D eigenvalue weighted by atomic mass is 10.1. The molecule has 0 unspecified atom stereocenters. The van der Waals surface area contributed by atoms with Crippen LogP contribution in [0.1, 0.15) is 22.3 Å². The molecule has 0 aromatic heterocycles. The van der Waals surface area contributed by atoms with Gasteiger partial charge in [-0.15, -0.1) is 0 Å². The summed E-state index contributed by atoms with van der Waals surface area (Å²) < 4.78 is 11.1. The van der Waals surface area contributed by atoms with Crippen molar-refractivity contribution in [3.63, 3.8) is 0 Å². The molecule has 0 fully saturated rings. The highest BCUT2D eigenvalue weighted by Gasteiger charge is 2.21. The predicted octanol–water partition coefficient (Wildman–Crippen LogP) is 4.59. The van der Waals surface area contributed by atoms with Crippen LogP contribution in [-0.2, 0) is 11.8 Å². The molecule has 1 N–H and O–H groups in total. The van der Waals surface area contributed by atoms with Crippen LogP contribution in [0.25, 0.3) is 0 Å². The van der Waals surface area contributed by atoms with Crippen molar-refractivity contribution in [1.29, 1.82) is 0 Å². The Kier molecular flexibility index (Phi) is 4.72. The van der Waals surface area contributed by atoms with Crippen LogP contribution in [0, 0.1) is 27.7 Å². The second-order valence-corrected chi connectivity index (χ2v) is 7.73. The minimum absolute atomic E-state index is 0.561. The average molecular weight is 322 g/mol. The molecule has 21 heavy (non-hydrogen) atoms. The number of hydrogen-bond donors (Lipinski definition) is 1. The highest BCUT2D eigenvalue weighted by atomic mass is 32.5. The minimum atomic E-state index is -3.40. The lowest BCUT2D eigenvalue weighted by Crippen LogP contribution is -2.02. The fourth-order valence-electron chi connectivity index (χ4n) is 1.91. The van der Waals surface area contributed by atoms with E-state index in [4.69, 9.17) is 20.9 Å². The first-order valence-electron chi connectivity index (χ1n) is 6.64. The molecule has 0 saturated carbocycles. The molecule has 2 aromatic carbocycles. The molecule has 0 spiro atoms. The number of rotatable bonds is 4. The van der Waals surface area contributed by atoms with Gasteiger partial charge in [-0.3, -0.25) is 0 Å². The van der Waals surface area contributed by atoms with Crippen molar-refractivity contribution in [2.45, 2.75) is 27.7 Å². The maximum atomic E-state index is 10.3. The topological polar surface area (TPSA) is 38.7 Å². The van der Waals surface area contributed by atoms with Crippen molar-refractivity contribution in [2.24, 2.45) is 0 Å². The van der Waals surface area contributed by atoms with Gasteiger partial charge in [0.2, 0.25) is 0 Å². The Balaban J connectivity index is 2.25. The van der Waals surface area contributed by atoms with Gasteiger partial charge >= 0.3 is 6.72 Å². The molecule has 0 aliphatic heterocycles. The van der Waals surface area contributed by atoms with Crippen LogP contribution < -0.4 is 9.05 Å². The van der Waals surface area contributed by atoms with E-state index in [1.807, 2.05) is 52.0 Å². The third-order valence-corrected chi connectivity index (χ3v) is 4.84. The van der Waals surface area contributed by atoms with E-state index in [0.29, 0.717) is 11.5 Å². The van der Waals surface area contributed by atoms with Gasteiger partial charge < -0.3 is 13.9 Å². The summed E-state index contributed by atoms with van der Waals surface area (Å²) in [6.07, 6.45) is 0. The van der Waals surface area contributed by atoms with Crippen molar-refractivity contribution in [2.75, 3.05) is 0 Å². The van der Waals surface area contributed by atoms with Crippen LogP contribution in [0.3, 0.4) is 0 Å². The molecule has 2 rings (SSSR count). The minimum Gasteiger partial charge on any atom is -0.416 e. The molecule has 0 heterocycles. The smallest absolute Gasteiger partial charge is 0.416 e. The Morgan fingerprint density at radius 3 is 1.57 bits per heavy atom. The van der Waals surface area contributed by atoms with Crippen molar-refractivity contribution in [3.05, 3.63) is 58.7 Å². The summed E-state index contributed by atoms with van der Waals surface area (Å²) in [5.74, 6) is 1.12. The second-order valence-electron chi connectivity index (χ2n) is 5.05. The zero-order valence-corrected chi connectivity index (χ0v) is 14.3. The molecule has 3 nitrogen and oxygen atoms in total. The molecular weight excluding hydrogens is 303 g/mol. The van der Waals surface area contributed by atoms with Gasteiger partial charge in [0.15, 0.2) is 0 Å². The van der Waals surface area contributed by atoms with Crippen LogP contribution in [0.15, 0.2) is 36.4 Å². The van der Waals surface area contributed by atoms with E-state index in [1.54, 1.807) is 12.1 Å². The number of aryl methyl sites for hydroxylation is 2. The van der Waals surface area contributed by atoms with E-state index in [9.17, 15) is 4.89 Å². The highest BCUT2D eigenvalue weighted by Crippen LogP contribution is 2.46. The number of hydrogen-bond acceptors (Lipinski definition) is 3. The molecule has 0 bridgehead atoms. The van der Waals surface area contributed by atoms with E-state index in [-0.39, 0.29) is 0 Å². The maximum Gasteiger partial charge on any atom is 0.432 e. The maximum absolute atomic E-state index is 10.3. The van der Waals surface area contributed by atoms with E-state index < -0.39 is 6.72 Å². The summed E-state index contributed by atoms with van der Waals surface area (Å²) in [5.41, 5.74) is 4.05. The third-order valence-electron chi connectivity index (χ3n) is 3.54. The van der Waals surface area contributed by atoms with E-state index >= 15 is 0 Å². The van der Waals surface area contributed by atoms with Gasteiger partial charge in [0, 0.05) is 11.8 Å². The SMILES string of the molecule is Cc1cccc(OP(O)(=S)Oc2cccc(C)c2C)c1C. The Morgan fingerprint density at radius 1 is 0.810 bits per heavy atom. The molecule has 0 amide bonds. The second kappa shape index (κ2) is 6.18. The van der Waals surface area contributed by atoms with Crippen molar-refractivity contribution >= 4 is 18.5 Å². The van der Waals surface area contributed by atoms with E-state index in [0.717, 1.165) is 22.3 Å². The molecule has 0 atom stereocenters. The van der Waals surface area contributed by atoms with Gasteiger partial charge in [-0.25, -0.2) is 0 Å². The van der Waals surface area contributed by atoms with Crippen molar-refractivity contribution in [1.82, 2.24) is 0 Å². The standard InChI is InChI=1S/C16H19O3PS/c1-11-7-5-9-15(13(11)3)18-20(17,21)19-16-10-6-8-12(2)14(16)4/h5-10H,1-4H3,(H,17,21). The molecule has 2 aromatic rings. The largest absolute Gasteiger partial charge is 0.432 e. The molecule has 0 saturated heterocycles. The van der Waals surface area contributed by atoms with Crippen LogP contribution >= 0.6 is 6.72 Å². The zero-order valence-electron chi connectivity index (χ0n) is 12.6. The summed E-state index contributed by atoms with van der Waals surface area (Å²) in [5, 5.41) is 0. The summed E-state index contributed by atoms with van der Waals surface area (Å²) in [7, 11) is 0. The Labute approximate surface area is 130 Å². The van der Waals surface area contributed by atoms with E-state index in [2.05, 4.69) is 0 Å². The van der Waals surface area contributed by atoms with Crippen molar-refractivity contribution in [3.8, 4) is 11.5 Å². The van der Waals surface area contributed by atoms with Gasteiger partial charge in [0.1, 0.15) is 11.5 Å².